The number of carbonyl (C=O) groups is 1. The molecule has 5 heteroatoms. The van der Waals surface area contributed by atoms with Crippen molar-refractivity contribution >= 4 is 15.6 Å². The van der Waals surface area contributed by atoms with Crippen LogP contribution in [0.4, 0.5) is 0 Å². The van der Waals surface area contributed by atoms with Crippen molar-refractivity contribution in [2.24, 2.45) is 5.92 Å². The zero-order chi connectivity index (χ0) is 12.3. The van der Waals surface area contributed by atoms with Crippen molar-refractivity contribution in [3.8, 4) is 0 Å². The van der Waals surface area contributed by atoms with E-state index in [1.807, 2.05) is 6.07 Å². The highest BCUT2D eigenvalue weighted by atomic mass is 32.2. The lowest BCUT2D eigenvalue weighted by Crippen LogP contribution is -2.12. The van der Waals surface area contributed by atoms with Gasteiger partial charge in [0.15, 0.2) is 9.84 Å². The summed E-state index contributed by atoms with van der Waals surface area (Å²) in [4.78, 5) is 15.7. The molecule has 1 fully saturated rings. The summed E-state index contributed by atoms with van der Waals surface area (Å²) in [6.45, 7) is 0. The Balaban J connectivity index is 1.87. The van der Waals surface area contributed by atoms with E-state index < -0.39 is 9.84 Å². The molecular weight excluding hydrogens is 238 g/mol. The van der Waals surface area contributed by atoms with Gasteiger partial charge in [-0.2, -0.15) is 0 Å². The topological polar surface area (TPSA) is 64.1 Å². The van der Waals surface area contributed by atoms with E-state index in [9.17, 15) is 13.2 Å². The van der Waals surface area contributed by atoms with Crippen molar-refractivity contribution in [3.05, 3.63) is 30.1 Å². The number of hydrogen-bond donors (Lipinski definition) is 0. The molecule has 2 heterocycles. The Morgan fingerprint density at radius 2 is 2.29 bits per heavy atom. The maximum Gasteiger partial charge on any atom is 0.150 e. The Kier molecular flexibility index (Phi) is 3.57. The summed E-state index contributed by atoms with van der Waals surface area (Å²) in [6.07, 6.45) is 4.68. The Hall–Kier alpha value is -1.23. The van der Waals surface area contributed by atoms with E-state index in [1.54, 1.807) is 18.5 Å². The normalized spacial score (nSPS) is 22.5. The molecule has 92 valence electrons. The van der Waals surface area contributed by atoms with Crippen molar-refractivity contribution in [2.45, 2.75) is 19.3 Å². The number of ketones is 1. The van der Waals surface area contributed by atoms with Gasteiger partial charge < -0.3 is 0 Å². The molecule has 0 amide bonds. The number of Topliss-reactive ketones (excluding diaryl/α,β-unsaturated/α-hetero) is 1. The van der Waals surface area contributed by atoms with Crippen LogP contribution in [0.3, 0.4) is 0 Å². The number of hydrogen-bond acceptors (Lipinski definition) is 4. The SMILES string of the molecule is O=C(Cc1cccnc1)CC1CCS(=O)(=O)C1. The van der Waals surface area contributed by atoms with Gasteiger partial charge in [0.25, 0.3) is 0 Å². The third-order valence-electron chi connectivity index (χ3n) is 2.97. The van der Waals surface area contributed by atoms with Crippen molar-refractivity contribution < 1.29 is 13.2 Å². The molecule has 0 N–H and O–H groups in total. The second kappa shape index (κ2) is 4.96. The first-order valence-electron chi connectivity index (χ1n) is 5.66. The fourth-order valence-electron chi connectivity index (χ4n) is 2.16. The molecule has 1 saturated heterocycles. The van der Waals surface area contributed by atoms with Crippen molar-refractivity contribution in [1.82, 2.24) is 4.98 Å². The first-order chi connectivity index (χ1) is 8.05. The first kappa shape index (κ1) is 12.2. The van der Waals surface area contributed by atoms with Gasteiger partial charge in [-0.05, 0) is 24.0 Å². The summed E-state index contributed by atoms with van der Waals surface area (Å²) >= 11 is 0. The molecule has 4 nitrogen and oxygen atoms in total. The van der Waals surface area contributed by atoms with Crippen LogP contribution in [-0.4, -0.2) is 30.7 Å². The highest BCUT2D eigenvalue weighted by Gasteiger charge is 2.29. The summed E-state index contributed by atoms with van der Waals surface area (Å²) in [7, 11) is -2.88. The van der Waals surface area contributed by atoms with E-state index in [-0.39, 0.29) is 23.2 Å². The molecule has 0 aromatic carbocycles. The van der Waals surface area contributed by atoms with E-state index in [0.717, 1.165) is 5.56 Å². The molecule has 1 unspecified atom stereocenters. The number of pyridine rings is 1. The zero-order valence-corrected chi connectivity index (χ0v) is 10.3. The lowest BCUT2D eigenvalue weighted by molar-refractivity contribution is -0.119. The van der Waals surface area contributed by atoms with Crippen molar-refractivity contribution in [3.63, 3.8) is 0 Å². The average Bonchev–Trinajstić information content (AvgIpc) is 2.59. The molecule has 0 spiro atoms. The molecule has 1 aromatic heterocycles. The Morgan fingerprint density at radius 3 is 2.88 bits per heavy atom. The van der Waals surface area contributed by atoms with Crippen LogP contribution in [-0.2, 0) is 21.1 Å². The fourth-order valence-corrected chi connectivity index (χ4v) is 4.02. The van der Waals surface area contributed by atoms with Crippen LogP contribution in [0, 0.1) is 5.92 Å². The smallest absolute Gasteiger partial charge is 0.150 e. The van der Waals surface area contributed by atoms with Gasteiger partial charge in [-0.15, -0.1) is 0 Å². The second-order valence-corrected chi connectivity index (χ2v) is 6.78. The number of nitrogens with zero attached hydrogens (tertiary/aromatic N) is 1. The maximum atomic E-state index is 11.8. The van der Waals surface area contributed by atoms with Crippen LogP contribution < -0.4 is 0 Å². The first-order valence-corrected chi connectivity index (χ1v) is 7.48. The standard InChI is InChI=1S/C12H15NO3S/c14-12(6-10-2-1-4-13-8-10)7-11-3-5-17(15,16)9-11/h1-2,4,8,11H,3,5-7,9H2. The minimum absolute atomic E-state index is 0.0178. The Labute approximate surface area is 101 Å². The highest BCUT2D eigenvalue weighted by Crippen LogP contribution is 2.22. The number of sulfone groups is 1. The molecule has 1 aliphatic rings. The van der Waals surface area contributed by atoms with Gasteiger partial charge in [0.1, 0.15) is 5.78 Å². The van der Waals surface area contributed by atoms with E-state index >= 15 is 0 Å². The van der Waals surface area contributed by atoms with Gasteiger partial charge in [0.05, 0.1) is 11.5 Å². The summed E-state index contributed by atoms with van der Waals surface area (Å²) in [5.74, 6) is 0.521. The number of aromatic nitrogens is 1. The Morgan fingerprint density at radius 1 is 1.47 bits per heavy atom. The van der Waals surface area contributed by atoms with Crippen molar-refractivity contribution in [1.29, 1.82) is 0 Å². The molecule has 2 rings (SSSR count). The predicted octanol–water partition coefficient (Wildman–Crippen LogP) is 1.02. The lowest BCUT2D eigenvalue weighted by atomic mass is 9.99. The molecule has 0 bridgehead atoms. The highest BCUT2D eigenvalue weighted by molar-refractivity contribution is 7.91. The Bertz CT molecular complexity index is 496. The van der Waals surface area contributed by atoms with Gasteiger partial charge >= 0.3 is 0 Å². The summed E-state index contributed by atoms with van der Waals surface area (Å²) < 4.78 is 22.5. The van der Waals surface area contributed by atoms with Gasteiger partial charge in [-0.25, -0.2) is 8.42 Å². The molecular formula is C12H15NO3S. The number of rotatable bonds is 4. The minimum Gasteiger partial charge on any atom is -0.299 e. The molecule has 1 atom stereocenters. The predicted molar refractivity (Wildman–Crippen MR) is 64.3 cm³/mol. The third-order valence-corrected chi connectivity index (χ3v) is 4.80. The number of carbonyl (C=O) groups excluding carboxylic acids is 1. The zero-order valence-electron chi connectivity index (χ0n) is 9.50. The summed E-state index contributed by atoms with van der Waals surface area (Å²) in [5, 5.41) is 0. The van der Waals surface area contributed by atoms with E-state index in [2.05, 4.69) is 4.98 Å². The van der Waals surface area contributed by atoms with Gasteiger partial charge in [0, 0.05) is 25.2 Å². The summed E-state index contributed by atoms with van der Waals surface area (Å²) in [5.41, 5.74) is 0.887. The molecule has 17 heavy (non-hydrogen) atoms. The average molecular weight is 253 g/mol. The molecule has 0 radical (unpaired) electrons. The largest absolute Gasteiger partial charge is 0.299 e. The maximum absolute atomic E-state index is 11.8. The van der Waals surface area contributed by atoms with E-state index in [4.69, 9.17) is 0 Å². The van der Waals surface area contributed by atoms with Crippen LogP contribution >= 0.6 is 0 Å². The van der Waals surface area contributed by atoms with Gasteiger partial charge in [-0.1, -0.05) is 6.07 Å². The van der Waals surface area contributed by atoms with Gasteiger partial charge in [-0.3, -0.25) is 9.78 Å². The monoisotopic (exact) mass is 253 g/mol. The van der Waals surface area contributed by atoms with Crippen LogP contribution in [0.15, 0.2) is 24.5 Å². The molecule has 0 saturated carbocycles. The molecule has 1 aliphatic heterocycles. The lowest BCUT2D eigenvalue weighted by Gasteiger charge is -2.06. The fraction of sp³-hybridized carbons (Fsp3) is 0.500. The quantitative estimate of drug-likeness (QED) is 0.803. The minimum atomic E-state index is -2.88. The van der Waals surface area contributed by atoms with Crippen LogP contribution in [0.5, 0.6) is 0 Å². The van der Waals surface area contributed by atoms with Crippen molar-refractivity contribution in [2.75, 3.05) is 11.5 Å². The third kappa shape index (κ3) is 3.63. The van der Waals surface area contributed by atoms with Crippen LogP contribution in [0.1, 0.15) is 18.4 Å². The van der Waals surface area contributed by atoms with E-state index in [1.165, 1.54) is 0 Å². The summed E-state index contributed by atoms with van der Waals surface area (Å²) in [6, 6.07) is 3.65. The van der Waals surface area contributed by atoms with E-state index in [0.29, 0.717) is 19.3 Å². The molecule has 0 aliphatic carbocycles. The van der Waals surface area contributed by atoms with Gasteiger partial charge in [0.2, 0.25) is 0 Å². The van der Waals surface area contributed by atoms with Crippen LogP contribution in [0.2, 0.25) is 0 Å². The van der Waals surface area contributed by atoms with Crippen LogP contribution in [0.25, 0.3) is 0 Å². The molecule has 1 aromatic rings. The second-order valence-electron chi connectivity index (χ2n) is 4.55.